The van der Waals surface area contributed by atoms with Crippen molar-refractivity contribution in [3.8, 4) is 10.6 Å². The molecule has 3 heterocycles. The van der Waals surface area contributed by atoms with E-state index in [2.05, 4.69) is 15.4 Å². The fourth-order valence-electron chi connectivity index (χ4n) is 3.68. The fraction of sp³-hybridized carbons (Fsp3) is 0.350. The molecule has 4 rings (SSSR count). The minimum atomic E-state index is -1.10. The first-order valence-corrected chi connectivity index (χ1v) is 10.8. The Hall–Kier alpha value is -3.12. The molecule has 1 aromatic carbocycles. The van der Waals surface area contributed by atoms with Crippen LogP contribution in [0.2, 0.25) is 0 Å². The van der Waals surface area contributed by atoms with Gasteiger partial charge in [0, 0.05) is 26.2 Å². The third kappa shape index (κ3) is 4.15. The van der Waals surface area contributed by atoms with Crippen LogP contribution >= 0.6 is 11.3 Å². The number of hydrogen-bond acceptors (Lipinski definition) is 7. The van der Waals surface area contributed by atoms with Crippen LogP contribution in [-0.4, -0.2) is 46.0 Å². The molecule has 2 aromatic heterocycles. The van der Waals surface area contributed by atoms with E-state index in [4.69, 9.17) is 11.5 Å². The summed E-state index contributed by atoms with van der Waals surface area (Å²) in [5.74, 6) is -1.66. The summed E-state index contributed by atoms with van der Waals surface area (Å²) in [6, 6.07) is 2.90. The molecule has 0 saturated carbocycles. The molecule has 32 heavy (non-hydrogen) atoms. The number of thiazole rings is 1. The molecule has 2 atom stereocenters. The summed E-state index contributed by atoms with van der Waals surface area (Å²) in [7, 11) is 1.71. The van der Waals surface area contributed by atoms with Crippen LogP contribution in [0.1, 0.15) is 23.3 Å². The van der Waals surface area contributed by atoms with Crippen LogP contribution in [0.3, 0.4) is 0 Å². The first-order chi connectivity index (χ1) is 15.3. The van der Waals surface area contributed by atoms with Gasteiger partial charge in [0.2, 0.25) is 0 Å². The Bertz CT molecular complexity index is 1120. The maximum absolute atomic E-state index is 14.1. The number of hydrogen-bond donors (Lipinski definition) is 3. The number of carbonyl (C=O) groups is 1. The number of benzene rings is 1. The van der Waals surface area contributed by atoms with Crippen LogP contribution < -0.4 is 21.7 Å². The maximum atomic E-state index is 14.1. The number of halogens is 3. The molecule has 1 fully saturated rings. The number of rotatable bonds is 4. The summed E-state index contributed by atoms with van der Waals surface area (Å²) < 4.78 is 43.8. The first-order valence-electron chi connectivity index (χ1n) is 9.95. The summed E-state index contributed by atoms with van der Waals surface area (Å²) in [4.78, 5) is 18.9. The van der Waals surface area contributed by atoms with Gasteiger partial charge in [0.1, 0.15) is 33.5 Å². The summed E-state index contributed by atoms with van der Waals surface area (Å²) in [6.45, 7) is 0.909. The van der Waals surface area contributed by atoms with Crippen molar-refractivity contribution in [3.05, 3.63) is 41.7 Å². The molecule has 12 heteroatoms. The molecule has 3 aromatic rings. The van der Waals surface area contributed by atoms with E-state index in [1.165, 1.54) is 12.3 Å². The second kappa shape index (κ2) is 8.79. The molecule has 5 N–H and O–H groups in total. The minimum absolute atomic E-state index is 0.0200. The van der Waals surface area contributed by atoms with E-state index in [0.717, 1.165) is 23.5 Å². The Morgan fingerprint density at radius 1 is 1.25 bits per heavy atom. The Morgan fingerprint density at radius 2 is 1.94 bits per heavy atom. The molecule has 1 aliphatic heterocycles. The zero-order valence-electron chi connectivity index (χ0n) is 17.2. The molecule has 8 nitrogen and oxygen atoms in total. The van der Waals surface area contributed by atoms with Gasteiger partial charge in [0.25, 0.3) is 5.91 Å². The standard InChI is InChI=1S/C20H22F3N7OS/c1-29-20(30-7-5-10(21)13(24)6-8-30)14(9-26-29)27-18(31)16-17(25)32-19(28-16)15-11(22)3-2-4-12(15)23/h2-4,9-10,13H,5-8,24-25H2,1H3,(H,27,31)/t10-,13+/m1/s1. The summed E-state index contributed by atoms with van der Waals surface area (Å²) in [5, 5.41) is 6.89. The lowest BCUT2D eigenvalue weighted by Gasteiger charge is -2.24. The fourth-order valence-corrected chi connectivity index (χ4v) is 4.56. The zero-order chi connectivity index (χ0) is 23.0. The summed E-state index contributed by atoms with van der Waals surface area (Å²) >= 11 is 0.814. The van der Waals surface area contributed by atoms with Crippen molar-refractivity contribution in [2.45, 2.75) is 25.1 Å². The quantitative estimate of drug-likeness (QED) is 0.546. The second-order valence-electron chi connectivity index (χ2n) is 7.53. The van der Waals surface area contributed by atoms with Crippen LogP contribution in [0.4, 0.5) is 29.7 Å². The van der Waals surface area contributed by atoms with Crippen molar-refractivity contribution in [3.63, 3.8) is 0 Å². The number of nitrogens with zero attached hydrogens (tertiary/aromatic N) is 4. The van der Waals surface area contributed by atoms with Crippen LogP contribution in [0.5, 0.6) is 0 Å². The van der Waals surface area contributed by atoms with Crippen LogP contribution in [0, 0.1) is 11.6 Å². The largest absolute Gasteiger partial charge is 0.389 e. The van der Waals surface area contributed by atoms with Gasteiger partial charge < -0.3 is 21.7 Å². The highest BCUT2D eigenvalue weighted by atomic mass is 32.1. The molecular formula is C20H22F3N7OS. The van der Waals surface area contributed by atoms with E-state index in [9.17, 15) is 18.0 Å². The molecule has 0 spiro atoms. The monoisotopic (exact) mass is 465 g/mol. The number of alkyl halides is 1. The van der Waals surface area contributed by atoms with Gasteiger partial charge in [0.15, 0.2) is 11.5 Å². The number of aromatic nitrogens is 3. The van der Waals surface area contributed by atoms with Crippen LogP contribution in [0.25, 0.3) is 10.6 Å². The normalized spacial score (nSPS) is 19.1. The maximum Gasteiger partial charge on any atom is 0.277 e. The average Bonchev–Trinajstić information content (AvgIpc) is 3.25. The highest BCUT2D eigenvalue weighted by molar-refractivity contribution is 7.19. The van der Waals surface area contributed by atoms with Gasteiger partial charge in [-0.05, 0) is 25.0 Å². The lowest BCUT2D eigenvalue weighted by molar-refractivity contribution is 0.102. The predicted octanol–water partition coefficient (Wildman–Crippen LogP) is 2.92. The number of nitrogen functional groups attached to an aromatic ring is 1. The van der Waals surface area contributed by atoms with E-state index in [1.54, 1.807) is 11.7 Å². The Balaban J connectivity index is 1.59. The first kappa shape index (κ1) is 22.1. The number of nitrogens with two attached hydrogens (primary N) is 2. The molecule has 1 amide bonds. The number of aryl methyl sites for hydroxylation is 1. The van der Waals surface area contributed by atoms with Gasteiger partial charge in [-0.15, -0.1) is 0 Å². The minimum Gasteiger partial charge on any atom is -0.389 e. The second-order valence-corrected chi connectivity index (χ2v) is 8.56. The van der Waals surface area contributed by atoms with Crippen molar-refractivity contribution in [2.24, 2.45) is 12.8 Å². The molecule has 170 valence electrons. The van der Waals surface area contributed by atoms with E-state index in [0.29, 0.717) is 31.0 Å². The molecule has 0 aliphatic carbocycles. The summed E-state index contributed by atoms with van der Waals surface area (Å²) in [5.41, 5.74) is 11.7. The van der Waals surface area contributed by atoms with Crippen LogP contribution in [0.15, 0.2) is 24.4 Å². The Labute approximate surface area is 186 Å². The molecule has 0 unspecified atom stereocenters. The smallest absolute Gasteiger partial charge is 0.277 e. The van der Waals surface area contributed by atoms with E-state index < -0.39 is 29.8 Å². The number of anilines is 3. The number of amides is 1. The number of nitrogens with one attached hydrogen (secondary N) is 1. The van der Waals surface area contributed by atoms with Gasteiger partial charge in [0.05, 0.1) is 11.8 Å². The molecular weight excluding hydrogens is 443 g/mol. The summed E-state index contributed by atoms with van der Waals surface area (Å²) in [6.07, 6.45) is 1.08. The van der Waals surface area contributed by atoms with Crippen molar-refractivity contribution in [1.82, 2.24) is 14.8 Å². The third-order valence-electron chi connectivity index (χ3n) is 5.37. The predicted molar refractivity (Wildman–Crippen MR) is 117 cm³/mol. The number of carbonyl (C=O) groups excluding carboxylic acids is 1. The van der Waals surface area contributed by atoms with Gasteiger partial charge >= 0.3 is 0 Å². The highest BCUT2D eigenvalue weighted by Gasteiger charge is 2.28. The topological polar surface area (TPSA) is 115 Å². The highest BCUT2D eigenvalue weighted by Crippen LogP contribution is 2.34. The average molecular weight is 466 g/mol. The van der Waals surface area contributed by atoms with Crippen molar-refractivity contribution < 1.29 is 18.0 Å². The Kier molecular flexibility index (Phi) is 6.07. The van der Waals surface area contributed by atoms with Crippen molar-refractivity contribution in [1.29, 1.82) is 0 Å². The van der Waals surface area contributed by atoms with Gasteiger partial charge in [-0.3, -0.25) is 9.48 Å². The van der Waals surface area contributed by atoms with E-state index in [-0.39, 0.29) is 27.7 Å². The van der Waals surface area contributed by atoms with Gasteiger partial charge in [-0.2, -0.15) is 5.10 Å². The molecule has 0 bridgehead atoms. The third-order valence-corrected chi connectivity index (χ3v) is 6.27. The lowest BCUT2D eigenvalue weighted by atomic mass is 10.1. The zero-order valence-corrected chi connectivity index (χ0v) is 18.0. The van der Waals surface area contributed by atoms with Gasteiger partial charge in [-0.1, -0.05) is 17.4 Å². The van der Waals surface area contributed by atoms with Gasteiger partial charge in [-0.25, -0.2) is 18.2 Å². The SMILES string of the molecule is Cn1ncc(NC(=O)c2nc(-c3c(F)cccc3F)sc2N)c1N1CC[C@@H](F)[C@@H](N)CC1. The van der Waals surface area contributed by atoms with Crippen molar-refractivity contribution in [2.75, 3.05) is 29.0 Å². The molecule has 1 aliphatic rings. The van der Waals surface area contributed by atoms with Crippen molar-refractivity contribution >= 4 is 33.8 Å². The molecule has 1 saturated heterocycles. The van der Waals surface area contributed by atoms with E-state index in [1.807, 2.05) is 4.90 Å². The lowest BCUT2D eigenvalue weighted by Crippen LogP contribution is -2.31. The Morgan fingerprint density at radius 3 is 2.66 bits per heavy atom. The molecule has 0 radical (unpaired) electrons. The van der Waals surface area contributed by atoms with E-state index >= 15 is 0 Å². The van der Waals surface area contributed by atoms with Crippen LogP contribution in [-0.2, 0) is 7.05 Å².